The maximum atomic E-state index is 9.80. The van der Waals surface area contributed by atoms with Crippen LogP contribution in [0.15, 0.2) is 42.5 Å². The van der Waals surface area contributed by atoms with Crippen LogP contribution in [0.3, 0.4) is 0 Å². The lowest BCUT2D eigenvalue weighted by atomic mass is 10.1. The molecule has 0 aromatic heterocycles. The minimum atomic E-state index is -0.311. The molecule has 1 fully saturated rings. The van der Waals surface area contributed by atoms with Gasteiger partial charge in [-0.1, -0.05) is 36.4 Å². The summed E-state index contributed by atoms with van der Waals surface area (Å²) in [5.74, 6) is 0.883. The van der Waals surface area contributed by atoms with Crippen molar-refractivity contribution in [2.75, 3.05) is 0 Å². The van der Waals surface area contributed by atoms with Crippen LogP contribution in [-0.4, -0.2) is 17.3 Å². The number of benzene rings is 2. The molecule has 0 amide bonds. The molecule has 1 aliphatic carbocycles. The Morgan fingerprint density at radius 2 is 1.82 bits per heavy atom. The minimum absolute atomic E-state index is 0.0409. The SMILES string of the molecule is O[C@H]1CCC[C@@H]1Oc1cccc2ccccc12. The minimum Gasteiger partial charge on any atom is -0.487 e. The zero-order valence-corrected chi connectivity index (χ0v) is 9.67. The second kappa shape index (κ2) is 4.38. The molecule has 2 nitrogen and oxygen atoms in total. The van der Waals surface area contributed by atoms with Crippen molar-refractivity contribution in [3.05, 3.63) is 42.5 Å². The molecule has 0 saturated heterocycles. The summed E-state index contributed by atoms with van der Waals surface area (Å²) in [7, 11) is 0. The lowest BCUT2D eigenvalue weighted by molar-refractivity contribution is 0.0614. The Balaban J connectivity index is 1.94. The van der Waals surface area contributed by atoms with E-state index in [2.05, 4.69) is 18.2 Å². The summed E-state index contributed by atoms with van der Waals surface area (Å²) in [6.07, 6.45) is 2.51. The van der Waals surface area contributed by atoms with Gasteiger partial charge in [0.15, 0.2) is 0 Å². The van der Waals surface area contributed by atoms with Gasteiger partial charge in [-0.25, -0.2) is 0 Å². The molecule has 2 atom stereocenters. The third-order valence-electron chi connectivity index (χ3n) is 3.45. The molecule has 0 heterocycles. The van der Waals surface area contributed by atoms with Crippen molar-refractivity contribution < 1.29 is 9.84 Å². The van der Waals surface area contributed by atoms with E-state index in [0.717, 1.165) is 30.4 Å². The van der Waals surface area contributed by atoms with E-state index >= 15 is 0 Å². The summed E-state index contributed by atoms with van der Waals surface area (Å²) >= 11 is 0. The fourth-order valence-corrected chi connectivity index (χ4v) is 2.51. The van der Waals surface area contributed by atoms with Crippen molar-refractivity contribution in [1.29, 1.82) is 0 Å². The maximum absolute atomic E-state index is 9.80. The van der Waals surface area contributed by atoms with Crippen LogP contribution in [0, 0.1) is 0 Å². The summed E-state index contributed by atoms with van der Waals surface area (Å²) in [6.45, 7) is 0. The van der Waals surface area contributed by atoms with Gasteiger partial charge in [0, 0.05) is 5.39 Å². The van der Waals surface area contributed by atoms with Crippen molar-refractivity contribution in [2.24, 2.45) is 0 Å². The van der Waals surface area contributed by atoms with Crippen LogP contribution < -0.4 is 4.74 Å². The van der Waals surface area contributed by atoms with Crippen molar-refractivity contribution >= 4 is 10.8 Å². The van der Waals surface area contributed by atoms with Gasteiger partial charge in [-0.3, -0.25) is 0 Å². The second-order valence-corrected chi connectivity index (χ2v) is 4.63. The molecular formula is C15H16O2. The van der Waals surface area contributed by atoms with Crippen LogP contribution in [0.25, 0.3) is 10.8 Å². The van der Waals surface area contributed by atoms with Gasteiger partial charge in [0.25, 0.3) is 0 Å². The Hall–Kier alpha value is -1.54. The molecule has 3 rings (SSSR count). The van der Waals surface area contributed by atoms with E-state index in [-0.39, 0.29) is 12.2 Å². The number of hydrogen-bond donors (Lipinski definition) is 1. The first-order valence-electron chi connectivity index (χ1n) is 6.17. The van der Waals surface area contributed by atoms with E-state index in [4.69, 9.17) is 4.74 Å². The van der Waals surface area contributed by atoms with E-state index < -0.39 is 0 Å². The lowest BCUT2D eigenvalue weighted by Crippen LogP contribution is -2.25. The normalized spacial score (nSPS) is 24.1. The molecule has 0 unspecified atom stereocenters. The van der Waals surface area contributed by atoms with E-state index in [1.54, 1.807) is 0 Å². The predicted octanol–water partition coefficient (Wildman–Crippen LogP) is 3.13. The fourth-order valence-electron chi connectivity index (χ4n) is 2.51. The molecule has 2 aromatic carbocycles. The summed E-state index contributed by atoms with van der Waals surface area (Å²) in [5, 5.41) is 12.1. The molecule has 0 radical (unpaired) electrons. The van der Waals surface area contributed by atoms with Gasteiger partial charge in [-0.15, -0.1) is 0 Å². The maximum Gasteiger partial charge on any atom is 0.127 e. The summed E-state index contributed by atoms with van der Waals surface area (Å²) in [5.41, 5.74) is 0. The molecule has 2 aromatic rings. The number of aliphatic hydroxyl groups excluding tert-OH is 1. The summed E-state index contributed by atoms with van der Waals surface area (Å²) in [4.78, 5) is 0. The first kappa shape index (κ1) is 10.6. The van der Waals surface area contributed by atoms with Gasteiger partial charge >= 0.3 is 0 Å². The molecule has 1 aliphatic rings. The molecule has 0 bridgehead atoms. The summed E-state index contributed by atoms with van der Waals surface area (Å²) in [6, 6.07) is 14.2. The van der Waals surface area contributed by atoms with E-state index in [1.807, 2.05) is 24.3 Å². The number of ether oxygens (including phenoxy) is 1. The summed E-state index contributed by atoms with van der Waals surface area (Å²) < 4.78 is 5.95. The first-order chi connectivity index (χ1) is 8.34. The highest BCUT2D eigenvalue weighted by Crippen LogP contribution is 2.30. The van der Waals surface area contributed by atoms with Crippen LogP contribution in [0.2, 0.25) is 0 Å². The van der Waals surface area contributed by atoms with Crippen LogP contribution in [0.1, 0.15) is 19.3 Å². The van der Waals surface area contributed by atoms with E-state index in [9.17, 15) is 5.11 Å². The largest absolute Gasteiger partial charge is 0.487 e. The van der Waals surface area contributed by atoms with Gasteiger partial charge in [-0.2, -0.15) is 0 Å². The third kappa shape index (κ3) is 2.01. The van der Waals surface area contributed by atoms with Crippen LogP contribution in [-0.2, 0) is 0 Å². The molecule has 88 valence electrons. The Bertz CT molecular complexity index is 516. The topological polar surface area (TPSA) is 29.5 Å². The predicted molar refractivity (Wildman–Crippen MR) is 68.2 cm³/mol. The average Bonchev–Trinajstić information content (AvgIpc) is 2.76. The monoisotopic (exact) mass is 228 g/mol. The van der Waals surface area contributed by atoms with Gasteiger partial charge in [0.1, 0.15) is 11.9 Å². The highest BCUT2D eigenvalue weighted by atomic mass is 16.5. The Morgan fingerprint density at radius 1 is 1.00 bits per heavy atom. The zero-order valence-electron chi connectivity index (χ0n) is 9.67. The van der Waals surface area contributed by atoms with Gasteiger partial charge in [-0.05, 0) is 30.7 Å². The highest BCUT2D eigenvalue weighted by molar-refractivity contribution is 5.88. The molecular weight excluding hydrogens is 212 g/mol. The quantitative estimate of drug-likeness (QED) is 0.855. The number of rotatable bonds is 2. The zero-order chi connectivity index (χ0) is 11.7. The van der Waals surface area contributed by atoms with Gasteiger partial charge in [0.05, 0.1) is 6.10 Å². The van der Waals surface area contributed by atoms with E-state index in [0.29, 0.717) is 0 Å². The molecule has 17 heavy (non-hydrogen) atoms. The molecule has 2 heteroatoms. The van der Waals surface area contributed by atoms with Gasteiger partial charge < -0.3 is 9.84 Å². The highest BCUT2D eigenvalue weighted by Gasteiger charge is 2.27. The molecule has 0 aliphatic heterocycles. The molecule has 1 saturated carbocycles. The Morgan fingerprint density at radius 3 is 2.65 bits per heavy atom. The van der Waals surface area contributed by atoms with Crippen molar-refractivity contribution in [2.45, 2.75) is 31.5 Å². The second-order valence-electron chi connectivity index (χ2n) is 4.63. The third-order valence-corrected chi connectivity index (χ3v) is 3.45. The standard InChI is InChI=1S/C15H16O2/c16-13-8-4-10-15(13)17-14-9-3-6-11-5-1-2-7-12(11)14/h1-3,5-7,9,13,15-16H,4,8,10H2/t13-,15-/m0/s1. The Labute approximate surface area is 101 Å². The lowest BCUT2D eigenvalue weighted by Gasteiger charge is -2.18. The average molecular weight is 228 g/mol. The van der Waals surface area contributed by atoms with Crippen molar-refractivity contribution in [3.63, 3.8) is 0 Å². The smallest absolute Gasteiger partial charge is 0.127 e. The van der Waals surface area contributed by atoms with Crippen LogP contribution in [0.5, 0.6) is 5.75 Å². The van der Waals surface area contributed by atoms with Crippen LogP contribution in [0.4, 0.5) is 0 Å². The number of hydrogen-bond acceptors (Lipinski definition) is 2. The van der Waals surface area contributed by atoms with Gasteiger partial charge in [0.2, 0.25) is 0 Å². The van der Waals surface area contributed by atoms with Crippen molar-refractivity contribution in [3.8, 4) is 5.75 Å². The van der Waals surface area contributed by atoms with Crippen molar-refractivity contribution in [1.82, 2.24) is 0 Å². The number of aliphatic hydroxyl groups is 1. The number of fused-ring (bicyclic) bond motifs is 1. The Kier molecular flexibility index (Phi) is 2.73. The van der Waals surface area contributed by atoms with Crippen LogP contribution >= 0.6 is 0 Å². The fraction of sp³-hybridized carbons (Fsp3) is 0.333. The molecule has 1 N–H and O–H groups in total. The first-order valence-corrected chi connectivity index (χ1v) is 6.17. The molecule has 0 spiro atoms. The van der Waals surface area contributed by atoms with E-state index in [1.165, 1.54) is 5.39 Å².